The Morgan fingerprint density at radius 2 is 1.87 bits per heavy atom. The summed E-state index contributed by atoms with van der Waals surface area (Å²) in [5.74, 6) is 3.51. The van der Waals surface area contributed by atoms with Crippen molar-refractivity contribution < 1.29 is 4.74 Å². The number of rotatable bonds is 7. The fraction of sp³-hybridized carbons (Fsp3) is 0.520. The monoisotopic (exact) mass is 442 g/mol. The lowest BCUT2D eigenvalue weighted by molar-refractivity contribution is 0.302. The van der Waals surface area contributed by atoms with Crippen LogP contribution < -0.4 is 15.4 Å². The van der Waals surface area contributed by atoms with Gasteiger partial charge in [-0.3, -0.25) is 0 Å². The van der Waals surface area contributed by atoms with Gasteiger partial charge in [-0.05, 0) is 36.6 Å². The van der Waals surface area contributed by atoms with E-state index in [1.807, 2.05) is 0 Å². The molecule has 2 N–H and O–H groups in total. The molecule has 2 heterocycles. The molecule has 2 aromatic rings. The summed E-state index contributed by atoms with van der Waals surface area (Å²) >= 11 is 4.20. The summed E-state index contributed by atoms with van der Waals surface area (Å²) in [4.78, 5) is 0. The first-order chi connectivity index (χ1) is 14.6. The highest BCUT2D eigenvalue weighted by Gasteiger charge is 2.35. The second-order valence-electron chi connectivity index (χ2n) is 8.79. The van der Waals surface area contributed by atoms with Gasteiger partial charge in [0.15, 0.2) is 0 Å². The van der Waals surface area contributed by atoms with Gasteiger partial charge < -0.3 is 15.4 Å². The highest BCUT2D eigenvalue weighted by atomic mass is 32.2. The number of nitrogens with one attached hydrogen (secondary N) is 2. The molecule has 2 atom stereocenters. The number of benzene rings is 2. The minimum Gasteiger partial charge on any atom is -0.496 e. The summed E-state index contributed by atoms with van der Waals surface area (Å²) in [6.45, 7) is 6.69. The maximum Gasteiger partial charge on any atom is 0.123 e. The molecule has 2 aliphatic heterocycles. The zero-order valence-corrected chi connectivity index (χ0v) is 20.0. The van der Waals surface area contributed by atoms with E-state index in [1.165, 1.54) is 41.0 Å². The first-order valence-corrected chi connectivity index (χ1v) is 13.1. The predicted molar refractivity (Wildman–Crippen MR) is 132 cm³/mol. The summed E-state index contributed by atoms with van der Waals surface area (Å²) in [5.41, 5.74) is 4.18. The molecule has 2 aliphatic rings. The lowest BCUT2D eigenvalue weighted by Gasteiger charge is -2.34. The van der Waals surface area contributed by atoms with Crippen LogP contribution in [0.1, 0.15) is 49.4 Å². The van der Waals surface area contributed by atoms with Crippen molar-refractivity contribution in [2.45, 2.75) is 55.3 Å². The van der Waals surface area contributed by atoms with Crippen molar-refractivity contribution in [3.05, 3.63) is 65.2 Å². The largest absolute Gasteiger partial charge is 0.496 e. The predicted octanol–water partition coefficient (Wildman–Crippen LogP) is 5.36. The fourth-order valence-corrected chi connectivity index (χ4v) is 7.85. The Bertz CT molecular complexity index is 821. The van der Waals surface area contributed by atoms with Gasteiger partial charge in [0.1, 0.15) is 5.75 Å². The van der Waals surface area contributed by atoms with Crippen LogP contribution in [0.2, 0.25) is 0 Å². The van der Waals surface area contributed by atoms with Crippen molar-refractivity contribution in [2.75, 3.05) is 25.2 Å². The molecular weight excluding hydrogens is 408 g/mol. The molecule has 30 heavy (non-hydrogen) atoms. The molecule has 5 heteroatoms. The number of piperidine rings is 1. The molecule has 0 amide bonds. The second-order valence-corrected chi connectivity index (χ2v) is 11.5. The van der Waals surface area contributed by atoms with Gasteiger partial charge in [-0.1, -0.05) is 56.3 Å². The number of methoxy groups -OCH3 is 1. The van der Waals surface area contributed by atoms with Crippen LogP contribution in [-0.2, 0) is 12.0 Å². The molecule has 0 bridgehead atoms. The summed E-state index contributed by atoms with van der Waals surface area (Å²) in [6.07, 6.45) is 2.40. The highest BCUT2D eigenvalue weighted by molar-refractivity contribution is 8.20. The van der Waals surface area contributed by atoms with Crippen LogP contribution in [-0.4, -0.2) is 35.8 Å². The third-order valence-corrected chi connectivity index (χ3v) is 10.1. The Kier molecular flexibility index (Phi) is 7.35. The van der Waals surface area contributed by atoms with Crippen molar-refractivity contribution >= 4 is 23.5 Å². The Morgan fingerprint density at radius 1 is 1.10 bits per heavy atom. The van der Waals surface area contributed by atoms with Crippen molar-refractivity contribution in [3.8, 4) is 5.75 Å². The van der Waals surface area contributed by atoms with Crippen LogP contribution in [0.3, 0.4) is 0 Å². The normalized spacial score (nSPS) is 22.9. The molecule has 0 unspecified atom stereocenters. The van der Waals surface area contributed by atoms with Gasteiger partial charge in [0.2, 0.25) is 0 Å². The topological polar surface area (TPSA) is 33.3 Å². The second kappa shape index (κ2) is 9.99. The van der Waals surface area contributed by atoms with Crippen molar-refractivity contribution in [2.24, 2.45) is 0 Å². The molecular formula is C25H34N2OS2. The lowest BCUT2D eigenvalue weighted by Crippen LogP contribution is -2.45. The van der Waals surface area contributed by atoms with Crippen LogP contribution in [0.15, 0.2) is 48.5 Å². The van der Waals surface area contributed by atoms with Gasteiger partial charge in [0, 0.05) is 41.1 Å². The van der Waals surface area contributed by atoms with Crippen LogP contribution in [0.5, 0.6) is 5.75 Å². The standard InChI is InChI=1S/C25H34N2OS2/c1-25(2,24-29-14-15-30-24)20-11-12-22(28-3)19(16-20)17-27-21-10-7-13-26-23(21)18-8-5-4-6-9-18/h4-6,8-9,11-12,16,21,23-24,26-27H,7,10,13-15,17H2,1-3H3/t21-,23-/m0/s1. The molecule has 4 rings (SSSR count). The lowest BCUT2D eigenvalue weighted by atomic mass is 9.85. The number of hydrogen-bond donors (Lipinski definition) is 2. The van der Waals surface area contributed by atoms with Gasteiger partial charge in [-0.2, -0.15) is 0 Å². The first kappa shape index (κ1) is 22.1. The van der Waals surface area contributed by atoms with E-state index in [-0.39, 0.29) is 5.41 Å². The summed E-state index contributed by atoms with van der Waals surface area (Å²) in [5, 5.41) is 7.58. The van der Waals surface area contributed by atoms with E-state index in [2.05, 4.69) is 96.5 Å². The molecule has 2 aromatic carbocycles. The van der Waals surface area contributed by atoms with Gasteiger partial charge in [0.05, 0.1) is 11.7 Å². The Morgan fingerprint density at radius 3 is 2.60 bits per heavy atom. The van der Waals surface area contributed by atoms with Gasteiger partial charge in [-0.15, -0.1) is 23.5 Å². The fourth-order valence-electron chi connectivity index (χ4n) is 4.59. The molecule has 0 saturated carbocycles. The van der Waals surface area contributed by atoms with E-state index in [1.54, 1.807) is 7.11 Å². The van der Waals surface area contributed by atoms with Crippen LogP contribution in [0, 0.1) is 0 Å². The van der Waals surface area contributed by atoms with E-state index in [0.29, 0.717) is 16.7 Å². The van der Waals surface area contributed by atoms with E-state index < -0.39 is 0 Å². The van der Waals surface area contributed by atoms with Crippen LogP contribution in [0.25, 0.3) is 0 Å². The van der Waals surface area contributed by atoms with Gasteiger partial charge in [0.25, 0.3) is 0 Å². The molecule has 2 fully saturated rings. The number of ether oxygens (including phenoxy) is 1. The third kappa shape index (κ3) is 4.85. The third-order valence-electron chi connectivity index (χ3n) is 6.41. The van der Waals surface area contributed by atoms with E-state index in [9.17, 15) is 0 Å². The molecule has 0 aliphatic carbocycles. The zero-order chi connectivity index (χ0) is 21.0. The SMILES string of the molecule is COc1ccc(C(C)(C)C2SCCS2)cc1CN[C@H]1CCCN[C@H]1c1ccccc1. The molecule has 3 nitrogen and oxygen atoms in total. The molecule has 0 aromatic heterocycles. The van der Waals surface area contributed by atoms with E-state index >= 15 is 0 Å². The van der Waals surface area contributed by atoms with Gasteiger partial charge in [-0.25, -0.2) is 0 Å². The minimum absolute atomic E-state index is 0.145. The van der Waals surface area contributed by atoms with Crippen molar-refractivity contribution in [3.63, 3.8) is 0 Å². The summed E-state index contributed by atoms with van der Waals surface area (Å²) < 4.78 is 6.35. The van der Waals surface area contributed by atoms with Crippen LogP contribution >= 0.6 is 23.5 Å². The van der Waals surface area contributed by atoms with Crippen molar-refractivity contribution in [1.29, 1.82) is 0 Å². The molecule has 0 radical (unpaired) electrons. The first-order valence-electron chi connectivity index (χ1n) is 11.0. The average Bonchev–Trinajstić information content (AvgIpc) is 3.34. The Labute approximate surface area is 190 Å². The van der Waals surface area contributed by atoms with Crippen LogP contribution in [0.4, 0.5) is 0 Å². The smallest absolute Gasteiger partial charge is 0.123 e. The number of hydrogen-bond acceptors (Lipinski definition) is 5. The molecule has 2 saturated heterocycles. The molecule has 0 spiro atoms. The van der Waals surface area contributed by atoms with Crippen molar-refractivity contribution in [1.82, 2.24) is 10.6 Å². The maximum atomic E-state index is 5.72. The maximum absolute atomic E-state index is 5.72. The van der Waals surface area contributed by atoms with E-state index in [4.69, 9.17) is 4.74 Å². The summed E-state index contributed by atoms with van der Waals surface area (Å²) in [7, 11) is 1.78. The Balaban J connectivity index is 1.51. The summed E-state index contributed by atoms with van der Waals surface area (Å²) in [6, 6.07) is 18.4. The number of thioether (sulfide) groups is 2. The quantitative estimate of drug-likeness (QED) is 0.603. The Hall–Kier alpha value is -1.14. The highest BCUT2D eigenvalue weighted by Crippen LogP contribution is 2.46. The molecule has 162 valence electrons. The minimum atomic E-state index is 0.145. The van der Waals surface area contributed by atoms with Gasteiger partial charge >= 0.3 is 0 Å². The average molecular weight is 443 g/mol. The van der Waals surface area contributed by atoms with E-state index in [0.717, 1.165) is 18.8 Å². The zero-order valence-electron chi connectivity index (χ0n) is 18.3.